The van der Waals surface area contributed by atoms with Crippen molar-refractivity contribution in [2.45, 2.75) is 19.4 Å². The van der Waals surface area contributed by atoms with E-state index in [-0.39, 0.29) is 24.3 Å². The summed E-state index contributed by atoms with van der Waals surface area (Å²) in [7, 11) is -2.63. The van der Waals surface area contributed by atoms with Crippen molar-refractivity contribution in [1.29, 1.82) is 0 Å². The van der Waals surface area contributed by atoms with Crippen LogP contribution in [-0.2, 0) is 18.6 Å². The van der Waals surface area contributed by atoms with Crippen LogP contribution in [0.1, 0.15) is 13.3 Å². The number of esters is 1. The quantitative estimate of drug-likeness (QED) is 0.307. The number of nitrogens with one attached hydrogen (secondary N) is 1. The first-order valence-electron chi connectivity index (χ1n) is 10.1. The van der Waals surface area contributed by atoms with Crippen LogP contribution < -0.4 is 21.1 Å². The summed E-state index contributed by atoms with van der Waals surface area (Å²) in [6.45, 7) is 1.63. The lowest BCUT2D eigenvalue weighted by Gasteiger charge is -2.22. The van der Waals surface area contributed by atoms with Gasteiger partial charge < -0.3 is 20.7 Å². The zero-order valence-corrected chi connectivity index (χ0v) is 18.9. The third-order valence-corrected chi connectivity index (χ3v) is 6.58. The molecule has 0 spiro atoms. The molecule has 3 atom stereocenters. The first-order valence-corrected chi connectivity index (χ1v) is 11.6. The SMILES string of the molecule is COC(=O)C(C)NP(=O)(OCC1C/C1=C\n1cnc2c(N)nc(N)nc21)Oc1ccccc1. The Bertz CT molecular complexity index is 1250. The fraction of sp³-hybridized carbons (Fsp3) is 0.300. The van der Waals surface area contributed by atoms with Gasteiger partial charge >= 0.3 is 13.7 Å². The highest BCUT2D eigenvalue weighted by molar-refractivity contribution is 7.52. The van der Waals surface area contributed by atoms with Crippen LogP contribution in [0.5, 0.6) is 5.75 Å². The third-order valence-electron chi connectivity index (χ3n) is 4.94. The van der Waals surface area contributed by atoms with E-state index >= 15 is 0 Å². The number of benzene rings is 1. The van der Waals surface area contributed by atoms with Crippen molar-refractivity contribution in [3.8, 4) is 5.75 Å². The summed E-state index contributed by atoms with van der Waals surface area (Å²) < 4.78 is 31.1. The van der Waals surface area contributed by atoms with Gasteiger partial charge in [0, 0.05) is 12.1 Å². The lowest BCUT2D eigenvalue weighted by atomic mass is 10.3. The molecule has 1 aliphatic rings. The fourth-order valence-corrected chi connectivity index (χ4v) is 4.68. The van der Waals surface area contributed by atoms with Gasteiger partial charge in [0.15, 0.2) is 17.0 Å². The number of hydrogen-bond acceptors (Lipinski definition) is 10. The zero-order valence-electron chi connectivity index (χ0n) is 18.0. The number of nitrogen functional groups attached to an aromatic ring is 2. The second kappa shape index (κ2) is 9.18. The summed E-state index contributed by atoms with van der Waals surface area (Å²) in [5, 5.41) is 2.63. The standard InChI is InChI=1S/C20H24N7O5P/c1-12(19(28)30-2)26-33(29,32-15-6-4-3-5-7-15)31-10-14-8-13(14)9-27-11-23-16-17(21)24-20(22)25-18(16)27/h3-7,9,11-12,14H,8,10H2,1-2H3,(H,26,29)(H4,21,22,24,25)/b13-9+. The lowest BCUT2D eigenvalue weighted by Crippen LogP contribution is -2.34. The van der Waals surface area contributed by atoms with Gasteiger partial charge in [-0.1, -0.05) is 18.2 Å². The molecule has 1 saturated carbocycles. The Morgan fingerprint density at radius 1 is 1.33 bits per heavy atom. The molecular formula is C20H24N7O5P. The number of anilines is 2. The third kappa shape index (κ3) is 5.30. The number of aromatic nitrogens is 4. The summed E-state index contributed by atoms with van der Waals surface area (Å²) in [4.78, 5) is 24.1. The number of imidazole rings is 1. The molecule has 1 aliphatic carbocycles. The van der Waals surface area contributed by atoms with Gasteiger partial charge in [0.05, 0.1) is 13.7 Å². The van der Waals surface area contributed by atoms with Gasteiger partial charge in [0.1, 0.15) is 18.1 Å². The van der Waals surface area contributed by atoms with E-state index < -0.39 is 19.8 Å². The van der Waals surface area contributed by atoms with Crippen LogP contribution in [-0.4, -0.2) is 45.2 Å². The lowest BCUT2D eigenvalue weighted by molar-refractivity contribution is -0.142. The molecule has 0 saturated heterocycles. The number of rotatable bonds is 9. The monoisotopic (exact) mass is 473 g/mol. The van der Waals surface area contributed by atoms with Crippen LogP contribution in [0.15, 0.2) is 42.2 Å². The predicted octanol–water partition coefficient (Wildman–Crippen LogP) is 2.21. The number of carbonyl (C=O) groups is 1. The maximum atomic E-state index is 13.4. The molecule has 2 heterocycles. The molecule has 1 aromatic carbocycles. The van der Waals surface area contributed by atoms with Gasteiger partial charge in [0.2, 0.25) is 5.95 Å². The first-order chi connectivity index (χ1) is 15.8. The average molecular weight is 473 g/mol. The Kier molecular flexibility index (Phi) is 6.32. The number of carbonyl (C=O) groups excluding carboxylic acids is 1. The Balaban J connectivity index is 1.46. The fourth-order valence-electron chi connectivity index (χ4n) is 3.14. The molecule has 0 aliphatic heterocycles. The van der Waals surface area contributed by atoms with Crippen molar-refractivity contribution in [1.82, 2.24) is 24.6 Å². The van der Waals surface area contributed by atoms with E-state index in [4.69, 9.17) is 25.3 Å². The minimum atomic E-state index is -3.88. The normalized spacial score (nSPS) is 19.2. The average Bonchev–Trinajstić information content (AvgIpc) is 3.41. The molecule has 5 N–H and O–H groups in total. The molecule has 3 unspecified atom stereocenters. The van der Waals surface area contributed by atoms with Crippen molar-refractivity contribution in [3.05, 3.63) is 42.2 Å². The Hall–Kier alpha value is -3.47. The molecule has 33 heavy (non-hydrogen) atoms. The van der Waals surface area contributed by atoms with Crippen LogP contribution in [0.2, 0.25) is 0 Å². The molecule has 1 fully saturated rings. The Labute approximate surface area is 189 Å². The van der Waals surface area contributed by atoms with Crippen molar-refractivity contribution in [2.24, 2.45) is 5.92 Å². The summed E-state index contributed by atoms with van der Waals surface area (Å²) in [5.74, 6) is 0.0180. The molecule has 3 aromatic rings. The van der Waals surface area contributed by atoms with Crippen molar-refractivity contribution >= 4 is 42.8 Å². The highest BCUT2D eigenvalue weighted by Gasteiger charge is 2.37. The summed E-state index contributed by atoms with van der Waals surface area (Å²) in [5.41, 5.74) is 13.5. The molecule has 174 valence electrons. The van der Waals surface area contributed by atoms with Crippen molar-refractivity contribution in [2.75, 3.05) is 25.2 Å². The van der Waals surface area contributed by atoms with E-state index in [0.717, 1.165) is 5.57 Å². The largest absolute Gasteiger partial charge is 0.468 e. The van der Waals surface area contributed by atoms with Crippen LogP contribution in [0.4, 0.5) is 11.8 Å². The second-order valence-electron chi connectivity index (χ2n) is 7.47. The van der Waals surface area contributed by atoms with Crippen LogP contribution in [0, 0.1) is 5.92 Å². The molecule has 0 radical (unpaired) electrons. The van der Waals surface area contributed by atoms with E-state index in [9.17, 15) is 9.36 Å². The van der Waals surface area contributed by atoms with Crippen molar-refractivity contribution in [3.63, 3.8) is 0 Å². The smallest absolute Gasteiger partial charge is 0.459 e. The molecule has 0 bridgehead atoms. The van der Waals surface area contributed by atoms with E-state index in [2.05, 4.69) is 20.0 Å². The minimum Gasteiger partial charge on any atom is -0.468 e. The van der Waals surface area contributed by atoms with E-state index in [1.807, 2.05) is 6.20 Å². The van der Waals surface area contributed by atoms with Crippen LogP contribution in [0.25, 0.3) is 17.4 Å². The van der Waals surface area contributed by atoms with Gasteiger partial charge in [-0.25, -0.2) is 9.55 Å². The number of hydrogen-bond donors (Lipinski definition) is 3. The Morgan fingerprint density at radius 3 is 2.82 bits per heavy atom. The number of para-hydroxylation sites is 1. The predicted molar refractivity (Wildman–Crippen MR) is 122 cm³/mol. The van der Waals surface area contributed by atoms with Gasteiger partial charge in [-0.05, 0) is 31.1 Å². The molecule has 2 aromatic heterocycles. The van der Waals surface area contributed by atoms with E-state index in [0.29, 0.717) is 23.3 Å². The number of nitrogens with zero attached hydrogens (tertiary/aromatic N) is 4. The van der Waals surface area contributed by atoms with Gasteiger partial charge in [0.25, 0.3) is 0 Å². The van der Waals surface area contributed by atoms with Gasteiger partial charge in [-0.3, -0.25) is 13.9 Å². The van der Waals surface area contributed by atoms with Gasteiger partial charge in [-0.2, -0.15) is 15.1 Å². The topological polar surface area (TPSA) is 169 Å². The maximum Gasteiger partial charge on any atom is 0.459 e. The van der Waals surface area contributed by atoms with E-state index in [1.54, 1.807) is 41.2 Å². The van der Waals surface area contributed by atoms with Crippen LogP contribution in [0.3, 0.4) is 0 Å². The van der Waals surface area contributed by atoms with Gasteiger partial charge in [-0.15, -0.1) is 0 Å². The first kappa shape index (κ1) is 22.7. The van der Waals surface area contributed by atoms with Crippen molar-refractivity contribution < 1.29 is 23.1 Å². The summed E-state index contributed by atoms with van der Waals surface area (Å²) in [6.07, 6.45) is 4.14. The molecule has 12 nitrogen and oxygen atoms in total. The zero-order chi connectivity index (χ0) is 23.6. The van der Waals surface area contributed by atoms with E-state index in [1.165, 1.54) is 14.0 Å². The molecular weight excluding hydrogens is 449 g/mol. The number of nitrogens with two attached hydrogens (primary N) is 2. The molecule has 4 rings (SSSR count). The Morgan fingerprint density at radius 2 is 2.09 bits per heavy atom. The maximum absolute atomic E-state index is 13.4. The van der Waals surface area contributed by atoms with Crippen LogP contribution >= 0.6 is 7.75 Å². The summed E-state index contributed by atoms with van der Waals surface area (Å²) >= 11 is 0. The summed E-state index contributed by atoms with van der Waals surface area (Å²) in [6, 6.07) is 7.68. The second-order valence-corrected chi connectivity index (χ2v) is 9.16. The number of fused-ring (bicyclic) bond motifs is 1. The number of ether oxygens (including phenoxy) is 1. The highest BCUT2D eigenvalue weighted by atomic mass is 31.2. The minimum absolute atomic E-state index is 0.00177. The molecule has 0 amide bonds. The molecule has 13 heteroatoms. The number of methoxy groups -OCH3 is 1. The highest BCUT2D eigenvalue weighted by Crippen LogP contribution is 2.48.